The zero-order valence-electron chi connectivity index (χ0n) is 11.6. The molecule has 0 unspecified atom stereocenters. The van der Waals surface area contributed by atoms with Gasteiger partial charge in [-0.2, -0.15) is 8.78 Å². The van der Waals surface area contributed by atoms with Gasteiger partial charge in [-0.15, -0.1) is 0 Å². The number of likely N-dealkylation sites (N-methyl/N-ethyl adjacent to an activating group) is 1. The first-order valence-electron chi connectivity index (χ1n) is 6.44. The Morgan fingerprint density at radius 3 is 2.43 bits per heavy atom. The summed E-state index contributed by atoms with van der Waals surface area (Å²) in [5, 5.41) is 0. The molecular weight excluding hydrogens is 290 g/mol. The van der Waals surface area contributed by atoms with Crippen LogP contribution in [0.5, 0.6) is 0 Å². The summed E-state index contributed by atoms with van der Waals surface area (Å²) in [7, 11) is 1.62. The summed E-state index contributed by atoms with van der Waals surface area (Å²) in [6, 6.07) is 14.8. The van der Waals surface area contributed by atoms with Crippen LogP contribution in [0.4, 0.5) is 14.5 Å². The maximum atomic E-state index is 14.3. The Labute approximate surface area is 128 Å². The van der Waals surface area contributed by atoms with Crippen LogP contribution in [0.1, 0.15) is 11.1 Å². The third-order valence-electron chi connectivity index (χ3n) is 3.20. The van der Waals surface area contributed by atoms with Crippen molar-refractivity contribution in [3.8, 4) is 0 Å². The van der Waals surface area contributed by atoms with Gasteiger partial charge in [0.15, 0.2) is 0 Å². The van der Waals surface area contributed by atoms with Gasteiger partial charge in [-0.25, -0.2) is 0 Å². The predicted octanol–water partition coefficient (Wildman–Crippen LogP) is 3.55. The van der Waals surface area contributed by atoms with Gasteiger partial charge in [0.05, 0.1) is 6.54 Å². The fourth-order valence-corrected chi connectivity index (χ4v) is 2.19. The van der Waals surface area contributed by atoms with Crippen molar-refractivity contribution in [2.75, 3.05) is 18.5 Å². The maximum absolute atomic E-state index is 14.3. The van der Waals surface area contributed by atoms with Crippen LogP contribution in [0, 0.1) is 0 Å². The molecule has 2 N–H and O–H groups in total. The zero-order valence-corrected chi connectivity index (χ0v) is 12.4. The highest BCUT2D eigenvalue weighted by Crippen LogP contribution is 2.30. The van der Waals surface area contributed by atoms with E-state index in [1.54, 1.807) is 49.5 Å². The van der Waals surface area contributed by atoms with Crippen molar-refractivity contribution in [1.29, 1.82) is 0 Å². The number of nitrogens with zero attached hydrogens (tertiary/aromatic N) is 1. The molecule has 2 rings (SSSR count). The summed E-state index contributed by atoms with van der Waals surface area (Å²) in [6.45, 7) is -0.419. The number of halogens is 2. The van der Waals surface area contributed by atoms with Crippen molar-refractivity contribution < 1.29 is 8.78 Å². The van der Waals surface area contributed by atoms with Gasteiger partial charge < -0.3 is 10.6 Å². The molecule has 0 saturated carbocycles. The minimum Gasteiger partial charge on any atom is -0.389 e. The summed E-state index contributed by atoms with van der Waals surface area (Å²) in [6.07, 6.45) is 0. The van der Waals surface area contributed by atoms with E-state index in [1.165, 1.54) is 17.0 Å². The molecule has 0 amide bonds. The van der Waals surface area contributed by atoms with E-state index >= 15 is 0 Å². The standard InChI is InChI=1S/C16H16F2N2S/c1-20(14-9-5-6-12(10-14)15(19)21)11-16(17,18)13-7-3-2-4-8-13/h2-10H,11H2,1H3,(H2,19,21). The third kappa shape index (κ3) is 3.76. The van der Waals surface area contributed by atoms with E-state index in [2.05, 4.69) is 0 Å². The van der Waals surface area contributed by atoms with E-state index in [1.807, 2.05) is 0 Å². The number of hydrogen-bond donors (Lipinski definition) is 1. The lowest BCUT2D eigenvalue weighted by atomic mass is 10.1. The van der Waals surface area contributed by atoms with Crippen LogP contribution in [0.25, 0.3) is 0 Å². The first kappa shape index (κ1) is 15.4. The molecule has 0 aliphatic carbocycles. The van der Waals surface area contributed by atoms with E-state index in [0.29, 0.717) is 11.3 Å². The summed E-state index contributed by atoms with van der Waals surface area (Å²) in [5.74, 6) is -2.94. The number of rotatable bonds is 5. The maximum Gasteiger partial charge on any atom is 0.290 e. The molecule has 0 heterocycles. The molecule has 0 saturated heterocycles. The summed E-state index contributed by atoms with van der Waals surface area (Å²) in [4.78, 5) is 1.74. The van der Waals surface area contributed by atoms with Gasteiger partial charge in [0.1, 0.15) is 4.99 Å². The summed E-state index contributed by atoms with van der Waals surface area (Å²) in [5.41, 5.74) is 6.88. The Bertz CT molecular complexity index is 629. The van der Waals surface area contributed by atoms with Gasteiger partial charge in [0.25, 0.3) is 5.92 Å². The van der Waals surface area contributed by atoms with Crippen molar-refractivity contribution in [1.82, 2.24) is 0 Å². The Hall–Kier alpha value is -2.01. The highest BCUT2D eigenvalue weighted by molar-refractivity contribution is 7.80. The summed E-state index contributed by atoms with van der Waals surface area (Å²) >= 11 is 4.91. The van der Waals surface area contributed by atoms with Gasteiger partial charge in [0, 0.05) is 23.9 Å². The molecule has 110 valence electrons. The molecule has 0 aliphatic heterocycles. The highest BCUT2D eigenvalue weighted by atomic mass is 32.1. The van der Waals surface area contributed by atoms with Crippen LogP contribution >= 0.6 is 12.2 Å². The van der Waals surface area contributed by atoms with E-state index in [4.69, 9.17) is 18.0 Å². The smallest absolute Gasteiger partial charge is 0.290 e. The van der Waals surface area contributed by atoms with Gasteiger partial charge in [-0.05, 0) is 12.1 Å². The average Bonchev–Trinajstić information content (AvgIpc) is 2.48. The lowest BCUT2D eigenvalue weighted by molar-refractivity contribution is 0.00500. The van der Waals surface area contributed by atoms with Crippen LogP contribution in [-0.4, -0.2) is 18.6 Å². The van der Waals surface area contributed by atoms with E-state index in [9.17, 15) is 8.78 Å². The molecule has 2 aromatic rings. The Morgan fingerprint density at radius 1 is 1.14 bits per heavy atom. The van der Waals surface area contributed by atoms with Crippen LogP contribution < -0.4 is 10.6 Å². The molecule has 0 aliphatic rings. The minimum absolute atomic E-state index is 0.00218. The van der Waals surface area contributed by atoms with E-state index in [0.717, 1.165) is 0 Å². The normalized spacial score (nSPS) is 11.2. The SMILES string of the molecule is CN(CC(F)(F)c1ccccc1)c1cccc(C(N)=S)c1. The molecule has 2 nitrogen and oxygen atoms in total. The second-order valence-corrected chi connectivity index (χ2v) is 5.28. The van der Waals surface area contributed by atoms with E-state index in [-0.39, 0.29) is 10.6 Å². The van der Waals surface area contributed by atoms with Crippen molar-refractivity contribution in [2.24, 2.45) is 5.73 Å². The van der Waals surface area contributed by atoms with E-state index < -0.39 is 12.5 Å². The number of hydrogen-bond acceptors (Lipinski definition) is 2. The summed E-state index contributed by atoms with van der Waals surface area (Å²) < 4.78 is 28.5. The van der Waals surface area contributed by atoms with Crippen LogP contribution in [0.3, 0.4) is 0 Å². The second-order valence-electron chi connectivity index (χ2n) is 4.84. The topological polar surface area (TPSA) is 29.3 Å². The molecular formula is C16H16F2N2S. The molecule has 0 fully saturated rings. The lowest BCUT2D eigenvalue weighted by Gasteiger charge is -2.26. The Morgan fingerprint density at radius 2 is 1.81 bits per heavy atom. The molecule has 0 atom stereocenters. The van der Waals surface area contributed by atoms with Crippen LogP contribution in [-0.2, 0) is 5.92 Å². The third-order valence-corrected chi connectivity index (χ3v) is 3.44. The molecule has 0 bridgehead atoms. The number of benzene rings is 2. The van der Waals surface area contributed by atoms with Gasteiger partial charge in [-0.1, -0.05) is 54.7 Å². The Balaban J connectivity index is 2.19. The predicted molar refractivity (Wildman–Crippen MR) is 85.9 cm³/mol. The number of nitrogens with two attached hydrogens (primary N) is 1. The first-order chi connectivity index (χ1) is 9.90. The zero-order chi connectivity index (χ0) is 15.5. The van der Waals surface area contributed by atoms with Gasteiger partial charge in [0.2, 0.25) is 0 Å². The fourth-order valence-electron chi connectivity index (χ4n) is 2.06. The van der Waals surface area contributed by atoms with Gasteiger partial charge >= 0.3 is 0 Å². The highest BCUT2D eigenvalue weighted by Gasteiger charge is 2.32. The number of thiocarbonyl (C=S) groups is 1. The van der Waals surface area contributed by atoms with Gasteiger partial charge in [-0.3, -0.25) is 0 Å². The van der Waals surface area contributed by atoms with Crippen LogP contribution in [0.2, 0.25) is 0 Å². The average molecular weight is 306 g/mol. The molecule has 0 radical (unpaired) electrons. The quantitative estimate of drug-likeness (QED) is 0.857. The molecule has 2 aromatic carbocycles. The second kappa shape index (κ2) is 6.18. The Kier molecular flexibility index (Phi) is 4.53. The molecule has 5 heteroatoms. The van der Waals surface area contributed by atoms with Crippen molar-refractivity contribution in [3.63, 3.8) is 0 Å². The molecule has 21 heavy (non-hydrogen) atoms. The fraction of sp³-hybridized carbons (Fsp3) is 0.188. The van der Waals surface area contributed by atoms with Crippen molar-refractivity contribution in [2.45, 2.75) is 5.92 Å². The monoisotopic (exact) mass is 306 g/mol. The van der Waals surface area contributed by atoms with Crippen LogP contribution in [0.15, 0.2) is 54.6 Å². The minimum atomic E-state index is -2.94. The number of alkyl halides is 2. The van der Waals surface area contributed by atoms with Crippen molar-refractivity contribution >= 4 is 22.9 Å². The number of anilines is 1. The first-order valence-corrected chi connectivity index (χ1v) is 6.85. The van der Waals surface area contributed by atoms with Crippen molar-refractivity contribution in [3.05, 3.63) is 65.7 Å². The molecule has 0 spiro atoms. The largest absolute Gasteiger partial charge is 0.389 e. The molecule has 0 aromatic heterocycles. The lowest BCUT2D eigenvalue weighted by Crippen LogP contribution is -2.32.